The smallest absolute Gasteiger partial charge is 0.0604 e. The Hall–Kier alpha value is -1.29. The van der Waals surface area contributed by atoms with Gasteiger partial charge in [-0.15, -0.1) is 0 Å². The average molecular weight is 153 g/mol. The molecule has 0 aliphatic carbocycles. The molecule has 1 heterocycles. The number of nitrogens with one attached hydrogen (secondary N) is 1. The fourth-order valence-electron chi connectivity index (χ4n) is 0.755. The summed E-state index contributed by atoms with van der Waals surface area (Å²) in [5.41, 5.74) is 6.92. The minimum Gasteiger partial charge on any atom is -0.397 e. The molecule has 0 aliphatic rings. The lowest BCUT2D eigenvalue weighted by molar-refractivity contribution is 0.311. The number of rotatable bonds is 3. The molecule has 1 rings (SSSR count). The van der Waals surface area contributed by atoms with Crippen LogP contribution in [-0.4, -0.2) is 23.2 Å². The van der Waals surface area contributed by atoms with E-state index in [1.54, 1.807) is 18.5 Å². The van der Waals surface area contributed by atoms with Crippen molar-refractivity contribution >= 4 is 11.4 Å². The highest BCUT2D eigenvalue weighted by Crippen LogP contribution is 2.08. The third-order valence-corrected chi connectivity index (χ3v) is 1.20. The fourth-order valence-corrected chi connectivity index (χ4v) is 0.755. The molecular formula is C7H11N3O. The molecule has 0 aromatic carbocycles. The van der Waals surface area contributed by atoms with Crippen LogP contribution < -0.4 is 11.1 Å². The highest BCUT2D eigenvalue weighted by Gasteiger charge is 1.90. The summed E-state index contributed by atoms with van der Waals surface area (Å²) in [7, 11) is 0. The van der Waals surface area contributed by atoms with Crippen LogP contribution in [0.15, 0.2) is 18.5 Å². The summed E-state index contributed by atoms with van der Waals surface area (Å²) in [4.78, 5) is 3.87. The lowest BCUT2D eigenvalue weighted by Crippen LogP contribution is -2.05. The van der Waals surface area contributed by atoms with Crippen LogP contribution in [0.5, 0.6) is 0 Å². The van der Waals surface area contributed by atoms with E-state index >= 15 is 0 Å². The first kappa shape index (κ1) is 7.81. The molecule has 1 aromatic rings. The highest BCUT2D eigenvalue weighted by molar-refractivity contribution is 5.51. The summed E-state index contributed by atoms with van der Waals surface area (Å²) in [5.74, 6) is 0. The predicted octanol–water partition coefficient (Wildman–Crippen LogP) is 0.0680. The maximum absolute atomic E-state index is 8.48. The number of aliphatic hydroxyl groups excluding tert-OH is 1. The molecule has 0 bridgehead atoms. The molecule has 4 N–H and O–H groups in total. The Bertz CT molecular complexity index is 227. The number of nitrogens with two attached hydrogens (primary N) is 1. The molecule has 0 unspecified atom stereocenters. The molecule has 0 saturated carbocycles. The van der Waals surface area contributed by atoms with Crippen LogP contribution in [-0.2, 0) is 0 Å². The van der Waals surface area contributed by atoms with E-state index in [-0.39, 0.29) is 6.61 Å². The van der Waals surface area contributed by atoms with E-state index in [1.165, 1.54) is 0 Å². The van der Waals surface area contributed by atoms with E-state index in [9.17, 15) is 0 Å². The first-order valence-corrected chi connectivity index (χ1v) is 3.38. The van der Waals surface area contributed by atoms with Crippen molar-refractivity contribution in [2.75, 3.05) is 24.2 Å². The minimum atomic E-state index is 0.106. The van der Waals surface area contributed by atoms with E-state index < -0.39 is 0 Å². The van der Waals surface area contributed by atoms with Gasteiger partial charge in [-0.2, -0.15) is 0 Å². The zero-order valence-electron chi connectivity index (χ0n) is 6.12. The fraction of sp³-hybridized carbons (Fsp3) is 0.286. The van der Waals surface area contributed by atoms with Crippen molar-refractivity contribution < 1.29 is 5.11 Å². The lowest BCUT2D eigenvalue weighted by atomic mass is 10.4. The Morgan fingerprint density at radius 3 is 3.00 bits per heavy atom. The van der Waals surface area contributed by atoms with Gasteiger partial charge in [-0.05, 0) is 6.07 Å². The van der Waals surface area contributed by atoms with Crippen LogP contribution in [0.3, 0.4) is 0 Å². The van der Waals surface area contributed by atoms with Crippen LogP contribution in [0.1, 0.15) is 0 Å². The summed E-state index contributed by atoms with van der Waals surface area (Å²) in [6, 6.07) is 1.77. The molecular weight excluding hydrogens is 142 g/mol. The van der Waals surface area contributed by atoms with E-state index in [4.69, 9.17) is 10.8 Å². The first-order chi connectivity index (χ1) is 5.33. The number of hydrogen-bond acceptors (Lipinski definition) is 4. The van der Waals surface area contributed by atoms with Gasteiger partial charge in [0.05, 0.1) is 24.2 Å². The van der Waals surface area contributed by atoms with Crippen molar-refractivity contribution in [3.63, 3.8) is 0 Å². The van der Waals surface area contributed by atoms with Gasteiger partial charge in [0, 0.05) is 12.7 Å². The topological polar surface area (TPSA) is 71.2 Å². The van der Waals surface area contributed by atoms with Gasteiger partial charge < -0.3 is 16.2 Å². The van der Waals surface area contributed by atoms with Gasteiger partial charge in [0.25, 0.3) is 0 Å². The second kappa shape index (κ2) is 3.78. The van der Waals surface area contributed by atoms with E-state index in [1.807, 2.05) is 0 Å². The summed E-state index contributed by atoms with van der Waals surface area (Å²) < 4.78 is 0. The highest BCUT2D eigenvalue weighted by atomic mass is 16.3. The van der Waals surface area contributed by atoms with Gasteiger partial charge in [-0.3, -0.25) is 4.98 Å². The van der Waals surface area contributed by atoms with E-state index in [2.05, 4.69) is 10.3 Å². The number of hydrogen-bond donors (Lipinski definition) is 3. The van der Waals surface area contributed by atoms with Gasteiger partial charge in [-0.25, -0.2) is 0 Å². The maximum Gasteiger partial charge on any atom is 0.0604 e. The molecule has 11 heavy (non-hydrogen) atoms. The van der Waals surface area contributed by atoms with Crippen LogP contribution in [0, 0.1) is 0 Å². The monoisotopic (exact) mass is 153 g/mol. The second-order valence-corrected chi connectivity index (χ2v) is 2.16. The molecule has 4 nitrogen and oxygen atoms in total. The zero-order valence-corrected chi connectivity index (χ0v) is 6.12. The number of anilines is 2. The van der Waals surface area contributed by atoms with Gasteiger partial charge in [0.2, 0.25) is 0 Å². The Kier molecular flexibility index (Phi) is 2.68. The molecule has 0 saturated heterocycles. The van der Waals surface area contributed by atoms with Crippen molar-refractivity contribution in [1.29, 1.82) is 0 Å². The van der Waals surface area contributed by atoms with Gasteiger partial charge in [0.1, 0.15) is 0 Å². The predicted molar refractivity (Wildman–Crippen MR) is 44.2 cm³/mol. The Balaban J connectivity index is 2.56. The quantitative estimate of drug-likeness (QED) is 0.574. The number of pyridine rings is 1. The van der Waals surface area contributed by atoms with Crippen molar-refractivity contribution in [3.8, 4) is 0 Å². The zero-order chi connectivity index (χ0) is 8.10. The molecule has 0 radical (unpaired) electrons. The summed E-state index contributed by atoms with van der Waals surface area (Å²) in [5, 5.41) is 11.4. The second-order valence-electron chi connectivity index (χ2n) is 2.16. The number of aliphatic hydroxyl groups is 1. The first-order valence-electron chi connectivity index (χ1n) is 3.38. The van der Waals surface area contributed by atoms with Crippen LogP contribution >= 0.6 is 0 Å². The molecule has 0 aliphatic heterocycles. The van der Waals surface area contributed by atoms with Crippen molar-refractivity contribution in [2.24, 2.45) is 0 Å². The van der Waals surface area contributed by atoms with Gasteiger partial charge >= 0.3 is 0 Å². The normalized spacial score (nSPS) is 9.55. The van der Waals surface area contributed by atoms with Crippen molar-refractivity contribution in [1.82, 2.24) is 4.98 Å². The number of nitrogens with zero attached hydrogens (tertiary/aromatic N) is 1. The molecule has 4 heteroatoms. The number of nitrogen functional groups attached to an aromatic ring is 1. The molecule has 1 aromatic heterocycles. The summed E-state index contributed by atoms with van der Waals surface area (Å²) >= 11 is 0. The van der Waals surface area contributed by atoms with E-state index in [0.29, 0.717) is 12.2 Å². The largest absolute Gasteiger partial charge is 0.397 e. The molecule has 0 atom stereocenters. The van der Waals surface area contributed by atoms with Crippen LogP contribution in [0.2, 0.25) is 0 Å². The molecule has 60 valence electrons. The van der Waals surface area contributed by atoms with Crippen LogP contribution in [0.4, 0.5) is 11.4 Å². The Labute approximate surface area is 65.1 Å². The van der Waals surface area contributed by atoms with Gasteiger partial charge in [0.15, 0.2) is 0 Å². The SMILES string of the molecule is Nc1cncc(NCCO)c1. The van der Waals surface area contributed by atoms with E-state index in [0.717, 1.165) is 5.69 Å². The Morgan fingerprint density at radius 1 is 1.55 bits per heavy atom. The summed E-state index contributed by atoms with van der Waals surface area (Å²) in [6.45, 7) is 0.625. The summed E-state index contributed by atoms with van der Waals surface area (Å²) in [6.07, 6.45) is 3.23. The van der Waals surface area contributed by atoms with Gasteiger partial charge in [-0.1, -0.05) is 0 Å². The Morgan fingerprint density at radius 2 is 2.36 bits per heavy atom. The number of aromatic nitrogens is 1. The van der Waals surface area contributed by atoms with Crippen LogP contribution in [0.25, 0.3) is 0 Å². The minimum absolute atomic E-state index is 0.106. The maximum atomic E-state index is 8.48. The third-order valence-electron chi connectivity index (χ3n) is 1.20. The standard InChI is InChI=1S/C7H11N3O/c8-6-3-7(5-9-4-6)10-1-2-11/h3-5,10-11H,1-2,8H2. The average Bonchev–Trinajstić information content (AvgIpc) is 2.01. The molecule has 0 fully saturated rings. The van der Waals surface area contributed by atoms with Crippen molar-refractivity contribution in [2.45, 2.75) is 0 Å². The van der Waals surface area contributed by atoms with Crippen molar-refractivity contribution in [3.05, 3.63) is 18.5 Å². The molecule has 0 spiro atoms. The molecule has 0 amide bonds. The third kappa shape index (κ3) is 2.43. The lowest BCUT2D eigenvalue weighted by Gasteiger charge is -2.02.